The third kappa shape index (κ3) is 2.15. The van der Waals surface area contributed by atoms with E-state index < -0.39 is 11.7 Å². The normalized spacial score (nSPS) is 35.3. The molecule has 6 heteroatoms. The van der Waals surface area contributed by atoms with Crippen molar-refractivity contribution in [3.63, 3.8) is 0 Å². The van der Waals surface area contributed by atoms with Gasteiger partial charge in [-0.15, -0.1) is 0 Å². The Balaban J connectivity index is 1.92. The van der Waals surface area contributed by atoms with Crippen LogP contribution in [0.1, 0.15) is 49.3 Å². The molecule has 1 aliphatic heterocycles. The van der Waals surface area contributed by atoms with Gasteiger partial charge in [0.2, 0.25) is 5.75 Å². The lowest BCUT2D eigenvalue weighted by atomic mass is 9.53. The molecule has 1 aromatic rings. The van der Waals surface area contributed by atoms with Gasteiger partial charge in [0.1, 0.15) is 0 Å². The van der Waals surface area contributed by atoms with Gasteiger partial charge >= 0.3 is 0 Å². The standard InChI is InChI=1S/C20H28O6/c1-23-15-8-13-14(16(24-2)17(15)25-3)10-20-7-5-4-6-19(20,18(13)22)9-12(11-21)26-20/h8,12,18,21-22H,4-7,9-11H2,1-3H3/t12-,18+,19+,20-/m1/s1. The first-order valence-electron chi connectivity index (χ1n) is 9.34. The molecule has 0 amide bonds. The van der Waals surface area contributed by atoms with Crippen LogP contribution in [0.3, 0.4) is 0 Å². The van der Waals surface area contributed by atoms with Crippen LogP contribution in [0.5, 0.6) is 17.2 Å². The summed E-state index contributed by atoms with van der Waals surface area (Å²) in [6.07, 6.45) is 4.35. The predicted molar refractivity (Wildman–Crippen MR) is 95.0 cm³/mol. The number of hydrogen-bond acceptors (Lipinski definition) is 6. The highest BCUT2D eigenvalue weighted by atomic mass is 16.5. The lowest BCUT2D eigenvalue weighted by Gasteiger charge is -2.54. The van der Waals surface area contributed by atoms with E-state index in [4.69, 9.17) is 18.9 Å². The second-order valence-electron chi connectivity index (χ2n) is 7.78. The summed E-state index contributed by atoms with van der Waals surface area (Å²) in [5, 5.41) is 21.3. The highest BCUT2D eigenvalue weighted by Gasteiger charge is 2.66. The predicted octanol–water partition coefficient (Wildman–Crippen LogP) is 2.38. The van der Waals surface area contributed by atoms with Crippen molar-refractivity contribution >= 4 is 0 Å². The molecule has 2 fully saturated rings. The number of methoxy groups -OCH3 is 3. The minimum absolute atomic E-state index is 0.0175. The van der Waals surface area contributed by atoms with Crippen LogP contribution in [0.2, 0.25) is 0 Å². The molecule has 0 radical (unpaired) electrons. The van der Waals surface area contributed by atoms with Gasteiger partial charge in [-0.2, -0.15) is 0 Å². The van der Waals surface area contributed by atoms with Crippen molar-refractivity contribution in [2.24, 2.45) is 5.41 Å². The van der Waals surface area contributed by atoms with Gasteiger partial charge in [-0.3, -0.25) is 0 Å². The fourth-order valence-electron chi connectivity index (χ4n) is 5.71. The Morgan fingerprint density at radius 3 is 2.50 bits per heavy atom. The summed E-state index contributed by atoms with van der Waals surface area (Å²) in [6, 6.07) is 1.88. The Kier molecular flexibility index (Phi) is 4.33. The van der Waals surface area contributed by atoms with E-state index in [1.54, 1.807) is 21.3 Å². The van der Waals surface area contributed by atoms with Crippen LogP contribution in [0.15, 0.2) is 6.07 Å². The fourth-order valence-corrected chi connectivity index (χ4v) is 5.71. The van der Waals surface area contributed by atoms with E-state index in [2.05, 4.69) is 0 Å². The van der Waals surface area contributed by atoms with Crippen LogP contribution in [-0.2, 0) is 11.2 Å². The molecule has 4 atom stereocenters. The first-order valence-corrected chi connectivity index (χ1v) is 9.34. The summed E-state index contributed by atoms with van der Waals surface area (Å²) in [7, 11) is 4.78. The molecular weight excluding hydrogens is 336 g/mol. The number of fused-ring (bicyclic) bond motifs is 1. The molecule has 144 valence electrons. The van der Waals surface area contributed by atoms with Crippen LogP contribution in [-0.4, -0.2) is 49.9 Å². The molecule has 26 heavy (non-hydrogen) atoms. The molecular formula is C20H28O6. The Hall–Kier alpha value is -1.50. The average molecular weight is 364 g/mol. The van der Waals surface area contributed by atoms with Crippen molar-refractivity contribution in [3.8, 4) is 17.2 Å². The molecule has 4 rings (SSSR count). The van der Waals surface area contributed by atoms with E-state index in [9.17, 15) is 10.2 Å². The monoisotopic (exact) mass is 364 g/mol. The number of ether oxygens (including phenoxy) is 4. The highest BCUT2D eigenvalue weighted by Crippen LogP contribution is 2.66. The number of benzene rings is 1. The third-order valence-corrected chi connectivity index (χ3v) is 6.80. The zero-order valence-corrected chi connectivity index (χ0v) is 15.7. The van der Waals surface area contributed by atoms with Gasteiger partial charge in [0.05, 0.1) is 45.7 Å². The van der Waals surface area contributed by atoms with Crippen LogP contribution < -0.4 is 14.2 Å². The van der Waals surface area contributed by atoms with Crippen molar-refractivity contribution < 1.29 is 29.2 Å². The number of hydrogen-bond donors (Lipinski definition) is 2. The molecule has 0 aromatic heterocycles. The van der Waals surface area contributed by atoms with E-state index in [0.717, 1.165) is 36.8 Å². The fraction of sp³-hybridized carbons (Fsp3) is 0.700. The molecule has 2 N–H and O–H groups in total. The first kappa shape index (κ1) is 17.9. The summed E-state index contributed by atoms with van der Waals surface area (Å²) >= 11 is 0. The number of rotatable bonds is 4. The lowest BCUT2D eigenvalue weighted by molar-refractivity contribution is -0.162. The van der Waals surface area contributed by atoms with Gasteiger partial charge in [-0.25, -0.2) is 0 Å². The summed E-state index contributed by atoms with van der Waals surface area (Å²) in [4.78, 5) is 0. The van der Waals surface area contributed by atoms with Crippen LogP contribution in [0, 0.1) is 5.41 Å². The molecule has 1 heterocycles. The van der Waals surface area contributed by atoms with Gasteiger partial charge < -0.3 is 29.2 Å². The van der Waals surface area contributed by atoms with Crippen molar-refractivity contribution in [1.82, 2.24) is 0 Å². The zero-order valence-electron chi connectivity index (χ0n) is 15.7. The molecule has 0 spiro atoms. The van der Waals surface area contributed by atoms with Crippen LogP contribution in [0.4, 0.5) is 0 Å². The van der Waals surface area contributed by atoms with Crippen LogP contribution in [0.25, 0.3) is 0 Å². The van der Waals surface area contributed by atoms with Gasteiger partial charge in [-0.1, -0.05) is 12.8 Å². The Labute approximate surface area is 154 Å². The molecule has 0 unspecified atom stereocenters. The number of aliphatic hydroxyl groups excluding tert-OH is 2. The molecule has 0 bridgehead atoms. The van der Waals surface area contributed by atoms with Crippen molar-refractivity contribution in [2.75, 3.05) is 27.9 Å². The van der Waals surface area contributed by atoms with Gasteiger partial charge in [0, 0.05) is 17.4 Å². The van der Waals surface area contributed by atoms with E-state index in [1.165, 1.54) is 0 Å². The smallest absolute Gasteiger partial charge is 0.203 e. The zero-order chi connectivity index (χ0) is 18.5. The minimum Gasteiger partial charge on any atom is -0.493 e. The topological polar surface area (TPSA) is 77.4 Å². The Bertz CT molecular complexity index is 704. The first-order chi connectivity index (χ1) is 12.6. The van der Waals surface area contributed by atoms with Crippen LogP contribution >= 0.6 is 0 Å². The largest absolute Gasteiger partial charge is 0.493 e. The molecule has 1 aromatic carbocycles. The summed E-state index contributed by atoms with van der Waals surface area (Å²) in [5.74, 6) is 1.70. The Morgan fingerprint density at radius 1 is 1.12 bits per heavy atom. The lowest BCUT2D eigenvalue weighted by Crippen LogP contribution is -2.55. The van der Waals surface area contributed by atoms with Gasteiger partial charge in [-0.05, 0) is 30.9 Å². The van der Waals surface area contributed by atoms with E-state index in [1.807, 2.05) is 6.07 Å². The molecule has 6 nitrogen and oxygen atoms in total. The maximum atomic E-state index is 11.5. The molecule has 2 aliphatic carbocycles. The van der Waals surface area contributed by atoms with Gasteiger partial charge in [0.25, 0.3) is 0 Å². The van der Waals surface area contributed by atoms with Crippen molar-refractivity contribution in [1.29, 1.82) is 0 Å². The maximum absolute atomic E-state index is 11.5. The van der Waals surface area contributed by atoms with Crippen molar-refractivity contribution in [2.45, 2.75) is 56.3 Å². The molecule has 3 aliphatic rings. The second kappa shape index (κ2) is 6.29. The summed E-state index contributed by atoms with van der Waals surface area (Å²) < 4.78 is 23.1. The molecule has 1 saturated heterocycles. The quantitative estimate of drug-likeness (QED) is 0.854. The van der Waals surface area contributed by atoms with E-state index >= 15 is 0 Å². The SMILES string of the molecule is COc1cc2c(c(OC)c1OC)C[C@]13CCCC[C@]1(C[C@H](CO)O3)[C@H]2O. The average Bonchev–Trinajstić information content (AvgIpc) is 3.02. The van der Waals surface area contributed by atoms with Crippen molar-refractivity contribution in [3.05, 3.63) is 17.2 Å². The summed E-state index contributed by atoms with van der Waals surface area (Å²) in [6.45, 7) is -0.0175. The maximum Gasteiger partial charge on any atom is 0.203 e. The third-order valence-electron chi connectivity index (χ3n) is 6.80. The second-order valence-corrected chi connectivity index (χ2v) is 7.78. The number of aliphatic hydroxyl groups is 2. The van der Waals surface area contributed by atoms with E-state index in [0.29, 0.717) is 30.1 Å². The minimum atomic E-state index is -0.684. The van der Waals surface area contributed by atoms with Gasteiger partial charge in [0.15, 0.2) is 11.5 Å². The molecule has 1 saturated carbocycles. The van der Waals surface area contributed by atoms with E-state index in [-0.39, 0.29) is 18.1 Å². The Morgan fingerprint density at radius 2 is 1.85 bits per heavy atom. The highest BCUT2D eigenvalue weighted by molar-refractivity contribution is 5.61. The summed E-state index contributed by atoms with van der Waals surface area (Å²) in [5.41, 5.74) is 0.932.